The van der Waals surface area contributed by atoms with E-state index in [0.717, 1.165) is 80.7 Å². The van der Waals surface area contributed by atoms with E-state index >= 15 is 0 Å². The Morgan fingerprint density at radius 3 is 1.48 bits per heavy atom. The minimum absolute atomic E-state index is 0.337. The zero-order valence-electron chi connectivity index (χ0n) is 17.9. The Morgan fingerprint density at radius 1 is 0.636 bits per heavy atom. The van der Waals surface area contributed by atoms with E-state index in [4.69, 9.17) is 0 Å². The van der Waals surface area contributed by atoms with Crippen LogP contribution in [0.25, 0.3) is 33.0 Å². The number of amides is 2. The zero-order chi connectivity index (χ0) is 22.9. The van der Waals surface area contributed by atoms with Crippen LogP contribution in [0.4, 0.5) is 0 Å². The highest BCUT2D eigenvalue weighted by Crippen LogP contribution is 2.41. The molecule has 7 heteroatoms. The number of hydrogen-bond acceptors (Lipinski definition) is 2. The molecule has 5 rings (SSSR count). The van der Waals surface area contributed by atoms with Gasteiger partial charge in [-0.3, -0.25) is 14.9 Å². The molecular formula is C26H23Br2N3O2. The Balaban J connectivity index is 1.83. The van der Waals surface area contributed by atoms with E-state index in [2.05, 4.69) is 47.1 Å². The van der Waals surface area contributed by atoms with Gasteiger partial charge in [0.2, 0.25) is 0 Å². The van der Waals surface area contributed by atoms with Crippen LogP contribution in [0.5, 0.6) is 0 Å². The van der Waals surface area contributed by atoms with Crippen molar-refractivity contribution in [3.05, 3.63) is 71.0 Å². The number of aromatic amines is 2. The standard InChI is InChI=1S/C26H23Br2N3O2/c27-13-5-11-19-21(15-7-1-3-9-17(15)29-19)23-24(26(33)31-25(23)32)22-16-8-2-4-10-18(16)30-20(22)12-6-14-28/h1-4,7-10,29-30H,5-6,11-14H2,(H,31,32,33). The largest absolute Gasteiger partial charge is 0.358 e. The second kappa shape index (κ2) is 9.31. The van der Waals surface area contributed by atoms with Crippen molar-refractivity contribution in [2.45, 2.75) is 25.7 Å². The number of aromatic nitrogens is 2. The lowest BCUT2D eigenvalue weighted by atomic mass is 9.91. The summed E-state index contributed by atoms with van der Waals surface area (Å²) in [5, 5.41) is 6.23. The van der Waals surface area contributed by atoms with Crippen LogP contribution >= 0.6 is 31.9 Å². The Bertz CT molecular complexity index is 1310. The van der Waals surface area contributed by atoms with Crippen LogP contribution < -0.4 is 5.32 Å². The number of carbonyl (C=O) groups excluding carboxylic acids is 2. The number of rotatable bonds is 8. The van der Waals surface area contributed by atoms with Crippen LogP contribution in [-0.2, 0) is 22.4 Å². The lowest BCUT2D eigenvalue weighted by Gasteiger charge is -2.09. The number of hydrogen-bond donors (Lipinski definition) is 3. The number of benzene rings is 2. The van der Waals surface area contributed by atoms with E-state index in [1.165, 1.54) is 0 Å². The highest BCUT2D eigenvalue weighted by molar-refractivity contribution is 9.09. The number of para-hydroxylation sites is 2. The number of H-pyrrole nitrogens is 2. The molecule has 4 aromatic rings. The van der Waals surface area contributed by atoms with Crippen LogP contribution in [0.3, 0.4) is 0 Å². The fourth-order valence-electron chi connectivity index (χ4n) is 4.76. The second-order valence-electron chi connectivity index (χ2n) is 8.17. The van der Waals surface area contributed by atoms with E-state index in [1.807, 2.05) is 48.5 Å². The summed E-state index contributed by atoms with van der Waals surface area (Å²) in [6.45, 7) is 0. The van der Waals surface area contributed by atoms with E-state index in [-0.39, 0.29) is 11.8 Å². The molecule has 0 saturated heterocycles. The lowest BCUT2D eigenvalue weighted by molar-refractivity contribution is -0.122. The first-order chi connectivity index (χ1) is 16.1. The van der Waals surface area contributed by atoms with Crippen molar-refractivity contribution in [2.24, 2.45) is 0 Å². The molecule has 0 bridgehead atoms. The van der Waals surface area contributed by atoms with Crippen molar-refractivity contribution in [3.8, 4) is 0 Å². The van der Waals surface area contributed by atoms with Gasteiger partial charge < -0.3 is 9.97 Å². The molecule has 1 aliphatic rings. The number of aryl methyl sites for hydroxylation is 2. The number of fused-ring (bicyclic) bond motifs is 2. The zero-order valence-corrected chi connectivity index (χ0v) is 21.1. The van der Waals surface area contributed by atoms with E-state index in [9.17, 15) is 9.59 Å². The topological polar surface area (TPSA) is 77.8 Å². The molecule has 2 aromatic carbocycles. The van der Waals surface area contributed by atoms with Crippen molar-refractivity contribution in [1.29, 1.82) is 0 Å². The number of carbonyl (C=O) groups is 2. The first-order valence-electron chi connectivity index (χ1n) is 11.1. The average molecular weight is 569 g/mol. The van der Waals surface area contributed by atoms with Crippen molar-refractivity contribution < 1.29 is 9.59 Å². The molecule has 0 radical (unpaired) electrons. The summed E-state index contributed by atoms with van der Waals surface area (Å²) in [5.74, 6) is -0.673. The Morgan fingerprint density at radius 2 is 1.06 bits per heavy atom. The minimum Gasteiger partial charge on any atom is -0.358 e. The molecule has 0 atom stereocenters. The quantitative estimate of drug-likeness (QED) is 0.183. The Kier molecular flexibility index (Phi) is 6.25. The first-order valence-corrected chi connectivity index (χ1v) is 13.3. The average Bonchev–Trinajstić information content (AvgIpc) is 3.45. The molecule has 0 spiro atoms. The summed E-state index contributed by atoms with van der Waals surface area (Å²) in [7, 11) is 0. The second-order valence-corrected chi connectivity index (χ2v) is 9.75. The first kappa shape index (κ1) is 22.2. The van der Waals surface area contributed by atoms with Gasteiger partial charge in [-0.1, -0.05) is 68.3 Å². The highest BCUT2D eigenvalue weighted by Gasteiger charge is 2.37. The predicted molar refractivity (Wildman–Crippen MR) is 141 cm³/mol. The smallest absolute Gasteiger partial charge is 0.259 e. The van der Waals surface area contributed by atoms with Gasteiger partial charge in [-0.05, 0) is 37.8 Å². The molecule has 0 unspecified atom stereocenters. The van der Waals surface area contributed by atoms with Gasteiger partial charge in [-0.25, -0.2) is 0 Å². The van der Waals surface area contributed by atoms with Crippen molar-refractivity contribution in [1.82, 2.24) is 15.3 Å². The van der Waals surface area contributed by atoms with E-state index in [0.29, 0.717) is 11.1 Å². The maximum absolute atomic E-state index is 13.3. The number of halogens is 2. The SMILES string of the molecule is O=C1NC(=O)C(c2c(CCCBr)[nH]c3ccccc23)=C1c1c(CCCBr)[nH]c2ccccc12. The van der Waals surface area contributed by atoms with Crippen molar-refractivity contribution in [2.75, 3.05) is 10.7 Å². The maximum Gasteiger partial charge on any atom is 0.259 e. The van der Waals surface area contributed by atoms with Gasteiger partial charge in [-0.15, -0.1) is 0 Å². The van der Waals surface area contributed by atoms with Crippen LogP contribution in [0.15, 0.2) is 48.5 Å². The normalized spacial score (nSPS) is 14.1. The van der Waals surface area contributed by atoms with Crippen molar-refractivity contribution in [3.63, 3.8) is 0 Å². The summed E-state index contributed by atoms with van der Waals surface area (Å²) in [4.78, 5) is 33.6. The molecule has 168 valence electrons. The molecule has 2 amide bonds. The van der Waals surface area contributed by atoms with Gasteiger partial charge in [0.15, 0.2) is 0 Å². The summed E-state index contributed by atoms with van der Waals surface area (Å²) in [6, 6.07) is 15.9. The van der Waals surface area contributed by atoms with Crippen LogP contribution in [0, 0.1) is 0 Å². The fourth-order valence-corrected chi connectivity index (χ4v) is 5.32. The number of imide groups is 1. The van der Waals surface area contributed by atoms with Gasteiger partial charge >= 0.3 is 0 Å². The molecule has 1 aliphatic heterocycles. The molecule has 0 saturated carbocycles. The molecule has 2 aromatic heterocycles. The molecule has 33 heavy (non-hydrogen) atoms. The molecule has 3 N–H and O–H groups in total. The monoisotopic (exact) mass is 567 g/mol. The summed E-state index contributed by atoms with van der Waals surface area (Å²) < 4.78 is 0. The molecule has 0 fully saturated rings. The third-order valence-electron chi connectivity index (χ3n) is 6.12. The van der Waals surface area contributed by atoms with Gasteiger partial charge in [0.1, 0.15) is 0 Å². The lowest BCUT2D eigenvalue weighted by Crippen LogP contribution is -2.23. The molecular weight excluding hydrogens is 546 g/mol. The van der Waals surface area contributed by atoms with E-state index in [1.54, 1.807) is 0 Å². The maximum atomic E-state index is 13.3. The predicted octanol–water partition coefficient (Wildman–Crippen LogP) is 5.87. The summed E-state index contributed by atoms with van der Waals surface area (Å²) in [6.07, 6.45) is 3.39. The minimum atomic E-state index is -0.337. The fraction of sp³-hybridized carbons (Fsp3) is 0.231. The summed E-state index contributed by atoms with van der Waals surface area (Å²) in [5.41, 5.74) is 6.50. The third-order valence-corrected chi connectivity index (χ3v) is 7.24. The number of alkyl halides is 2. The van der Waals surface area contributed by atoms with Gasteiger partial charge in [-0.2, -0.15) is 0 Å². The van der Waals surface area contributed by atoms with Gasteiger partial charge in [0.25, 0.3) is 11.8 Å². The number of nitrogens with one attached hydrogen (secondary N) is 3. The van der Waals surface area contributed by atoms with Crippen LogP contribution in [-0.4, -0.2) is 32.4 Å². The van der Waals surface area contributed by atoms with Gasteiger partial charge in [0, 0.05) is 55.0 Å². The van der Waals surface area contributed by atoms with Crippen molar-refractivity contribution >= 4 is 76.6 Å². The van der Waals surface area contributed by atoms with Gasteiger partial charge in [0.05, 0.1) is 11.1 Å². The van der Waals surface area contributed by atoms with Crippen LogP contribution in [0.2, 0.25) is 0 Å². The Hall–Kier alpha value is -2.64. The molecule has 3 heterocycles. The highest BCUT2D eigenvalue weighted by atomic mass is 79.9. The molecule has 0 aliphatic carbocycles. The summed E-state index contributed by atoms with van der Waals surface area (Å²) >= 11 is 7.03. The van der Waals surface area contributed by atoms with E-state index < -0.39 is 0 Å². The van der Waals surface area contributed by atoms with Crippen LogP contribution in [0.1, 0.15) is 35.4 Å². The third kappa shape index (κ3) is 3.87. The molecule has 5 nitrogen and oxygen atoms in total. The Labute approximate surface area is 208 Å².